The minimum atomic E-state index is -0.227. The Morgan fingerprint density at radius 1 is 1.26 bits per heavy atom. The van der Waals surface area contributed by atoms with E-state index in [1.807, 2.05) is 24.3 Å². The van der Waals surface area contributed by atoms with Crippen molar-refractivity contribution in [3.05, 3.63) is 69.2 Å². The Bertz CT molecular complexity index is 1090. The highest BCUT2D eigenvalue weighted by molar-refractivity contribution is 7.15. The molecule has 162 valence electrons. The zero-order chi connectivity index (χ0) is 21.8. The molecule has 0 radical (unpaired) electrons. The molecule has 6 nitrogen and oxygen atoms in total. The summed E-state index contributed by atoms with van der Waals surface area (Å²) in [4.78, 5) is 21.0. The highest BCUT2D eigenvalue weighted by atomic mass is 35.5. The molecule has 3 aromatic rings. The highest BCUT2D eigenvalue weighted by Gasteiger charge is 2.21. The van der Waals surface area contributed by atoms with Crippen LogP contribution in [0, 0.1) is 0 Å². The molecule has 0 saturated carbocycles. The zero-order valence-electron chi connectivity index (χ0n) is 17.5. The lowest BCUT2D eigenvalue weighted by Gasteiger charge is -2.23. The summed E-state index contributed by atoms with van der Waals surface area (Å²) in [6.07, 6.45) is 0.917. The van der Waals surface area contributed by atoms with Gasteiger partial charge in [0.2, 0.25) is 0 Å². The number of thiazole rings is 1. The number of carbonyl (C=O) groups is 1. The molecule has 0 unspecified atom stereocenters. The summed E-state index contributed by atoms with van der Waals surface area (Å²) in [7, 11) is 1.55. The summed E-state index contributed by atoms with van der Waals surface area (Å²) in [6, 6.07) is 12.6. The number of nitrogens with zero attached hydrogens (tertiary/aromatic N) is 2. The lowest BCUT2D eigenvalue weighted by Crippen LogP contribution is -2.29. The molecule has 0 bridgehead atoms. The van der Waals surface area contributed by atoms with E-state index in [0.29, 0.717) is 33.8 Å². The van der Waals surface area contributed by atoms with Crippen LogP contribution in [0.2, 0.25) is 5.02 Å². The van der Waals surface area contributed by atoms with Crippen LogP contribution in [0.4, 0.5) is 5.13 Å². The average Bonchev–Trinajstić information content (AvgIpc) is 3.19. The summed E-state index contributed by atoms with van der Waals surface area (Å²) in [5.74, 6) is 0.800. The first kappa shape index (κ1) is 21.6. The number of fused-ring (bicyclic) bond motifs is 1. The van der Waals surface area contributed by atoms with E-state index in [9.17, 15) is 4.79 Å². The standard InChI is InChI=1S/C23H24ClN3O3S/c1-3-27-11-10-18-21(13-27)31-23(25-18)26-22(28)15-8-9-19(20(12-15)29-2)30-14-16-6-4-5-7-17(16)24/h4-9,12H,3,10-11,13-14H2,1-2H3,(H,25,26,28). The Morgan fingerprint density at radius 3 is 2.87 bits per heavy atom. The number of methoxy groups -OCH3 is 1. The van der Waals surface area contributed by atoms with E-state index in [0.717, 1.165) is 37.3 Å². The van der Waals surface area contributed by atoms with E-state index in [1.54, 1.807) is 36.6 Å². The summed E-state index contributed by atoms with van der Waals surface area (Å²) in [6.45, 7) is 5.38. The van der Waals surface area contributed by atoms with Gasteiger partial charge in [0.25, 0.3) is 5.91 Å². The van der Waals surface area contributed by atoms with Gasteiger partial charge in [0.05, 0.1) is 12.8 Å². The van der Waals surface area contributed by atoms with E-state index < -0.39 is 0 Å². The van der Waals surface area contributed by atoms with Crippen molar-refractivity contribution < 1.29 is 14.3 Å². The number of rotatable bonds is 7. The fourth-order valence-electron chi connectivity index (χ4n) is 3.44. The van der Waals surface area contributed by atoms with Crippen molar-refractivity contribution in [2.45, 2.75) is 26.5 Å². The van der Waals surface area contributed by atoms with Gasteiger partial charge in [-0.25, -0.2) is 4.98 Å². The third-order valence-corrected chi connectivity index (χ3v) is 6.61. The fourth-order valence-corrected chi connectivity index (χ4v) is 4.68. The van der Waals surface area contributed by atoms with E-state index in [1.165, 1.54) is 4.88 Å². The predicted octanol–water partition coefficient (Wildman–Crippen LogP) is 5.01. The highest BCUT2D eigenvalue weighted by Crippen LogP contribution is 2.31. The Balaban J connectivity index is 1.44. The van der Waals surface area contributed by atoms with Crippen molar-refractivity contribution in [1.29, 1.82) is 0 Å². The summed E-state index contributed by atoms with van der Waals surface area (Å²) in [5.41, 5.74) is 2.44. The fraction of sp³-hybridized carbons (Fsp3) is 0.304. The van der Waals surface area contributed by atoms with Crippen molar-refractivity contribution >= 4 is 34.0 Å². The number of aromatic nitrogens is 1. The van der Waals surface area contributed by atoms with Gasteiger partial charge in [-0.2, -0.15) is 0 Å². The number of benzene rings is 2. The van der Waals surface area contributed by atoms with Crippen molar-refractivity contribution in [2.75, 3.05) is 25.5 Å². The topological polar surface area (TPSA) is 63.7 Å². The first-order valence-corrected chi connectivity index (χ1v) is 11.3. The normalized spacial score (nSPS) is 13.5. The second kappa shape index (κ2) is 9.68. The van der Waals surface area contributed by atoms with Crippen molar-refractivity contribution in [1.82, 2.24) is 9.88 Å². The van der Waals surface area contributed by atoms with Crippen molar-refractivity contribution in [2.24, 2.45) is 0 Å². The molecule has 8 heteroatoms. The van der Waals surface area contributed by atoms with Gasteiger partial charge in [-0.05, 0) is 30.8 Å². The second-order valence-corrected chi connectivity index (χ2v) is 8.70. The van der Waals surface area contributed by atoms with Crippen LogP contribution in [0.1, 0.15) is 33.4 Å². The van der Waals surface area contributed by atoms with Crippen molar-refractivity contribution in [3.63, 3.8) is 0 Å². The van der Waals surface area contributed by atoms with Gasteiger partial charge in [0, 0.05) is 40.5 Å². The molecule has 2 heterocycles. The molecule has 2 aromatic carbocycles. The van der Waals surface area contributed by atoms with E-state index in [2.05, 4.69) is 22.1 Å². The number of halogens is 1. The molecule has 0 saturated heterocycles. The van der Waals surface area contributed by atoms with Gasteiger partial charge in [0.1, 0.15) is 6.61 Å². The van der Waals surface area contributed by atoms with Crippen LogP contribution in [-0.4, -0.2) is 36.0 Å². The van der Waals surface area contributed by atoms with Crippen LogP contribution in [-0.2, 0) is 19.6 Å². The van der Waals surface area contributed by atoms with Gasteiger partial charge in [-0.3, -0.25) is 15.0 Å². The second-order valence-electron chi connectivity index (χ2n) is 7.21. The quantitative estimate of drug-likeness (QED) is 0.540. The smallest absolute Gasteiger partial charge is 0.257 e. The Labute approximate surface area is 190 Å². The Hall–Kier alpha value is -2.61. The van der Waals surface area contributed by atoms with Crippen molar-refractivity contribution in [3.8, 4) is 11.5 Å². The summed E-state index contributed by atoms with van der Waals surface area (Å²) < 4.78 is 11.3. The minimum absolute atomic E-state index is 0.227. The van der Waals surface area contributed by atoms with E-state index >= 15 is 0 Å². The lowest BCUT2D eigenvalue weighted by molar-refractivity contribution is 0.102. The van der Waals surface area contributed by atoms with Gasteiger partial charge < -0.3 is 9.47 Å². The number of hydrogen-bond donors (Lipinski definition) is 1. The predicted molar refractivity (Wildman–Crippen MR) is 124 cm³/mol. The Kier molecular flexibility index (Phi) is 6.75. The number of carbonyl (C=O) groups excluding carboxylic acids is 1. The van der Waals surface area contributed by atoms with Crippen LogP contribution in [0.25, 0.3) is 0 Å². The molecular formula is C23H24ClN3O3S. The number of amides is 1. The van der Waals surface area contributed by atoms with Crippen LogP contribution in [0.3, 0.4) is 0 Å². The third-order valence-electron chi connectivity index (χ3n) is 5.24. The van der Waals surface area contributed by atoms with Crippen LogP contribution in [0.5, 0.6) is 11.5 Å². The van der Waals surface area contributed by atoms with E-state index in [-0.39, 0.29) is 5.91 Å². The molecule has 0 aliphatic carbocycles. The summed E-state index contributed by atoms with van der Waals surface area (Å²) in [5, 5.41) is 4.20. The SMILES string of the molecule is CCN1CCc2nc(NC(=O)c3ccc(OCc4ccccc4Cl)c(OC)c3)sc2C1. The molecule has 1 aliphatic rings. The monoisotopic (exact) mass is 457 g/mol. The van der Waals surface area contributed by atoms with Crippen LogP contribution >= 0.6 is 22.9 Å². The zero-order valence-corrected chi connectivity index (χ0v) is 19.1. The maximum atomic E-state index is 12.8. The number of hydrogen-bond acceptors (Lipinski definition) is 6. The maximum Gasteiger partial charge on any atom is 0.257 e. The van der Waals surface area contributed by atoms with Gasteiger partial charge in [-0.15, -0.1) is 11.3 Å². The maximum absolute atomic E-state index is 12.8. The third kappa shape index (κ3) is 5.01. The number of ether oxygens (including phenoxy) is 2. The lowest BCUT2D eigenvalue weighted by atomic mass is 10.2. The molecule has 1 amide bonds. The number of nitrogens with one attached hydrogen (secondary N) is 1. The van der Waals surface area contributed by atoms with E-state index in [4.69, 9.17) is 21.1 Å². The summed E-state index contributed by atoms with van der Waals surface area (Å²) >= 11 is 7.73. The molecule has 31 heavy (non-hydrogen) atoms. The molecule has 1 aliphatic heterocycles. The van der Waals surface area contributed by atoms with Crippen LogP contribution in [0.15, 0.2) is 42.5 Å². The first-order chi connectivity index (χ1) is 15.1. The molecule has 1 aromatic heterocycles. The number of anilines is 1. The molecule has 0 fully saturated rings. The average molecular weight is 458 g/mol. The molecule has 0 atom stereocenters. The van der Waals surface area contributed by atoms with Crippen LogP contribution < -0.4 is 14.8 Å². The number of likely N-dealkylation sites (N-methyl/N-ethyl adjacent to an activating group) is 1. The molecular weight excluding hydrogens is 434 g/mol. The minimum Gasteiger partial charge on any atom is -0.493 e. The van der Waals surface area contributed by atoms with Gasteiger partial charge in [-0.1, -0.05) is 36.7 Å². The molecule has 0 spiro atoms. The van der Waals surface area contributed by atoms with Gasteiger partial charge >= 0.3 is 0 Å². The molecule has 1 N–H and O–H groups in total. The van der Waals surface area contributed by atoms with Gasteiger partial charge in [0.15, 0.2) is 16.6 Å². The molecule has 4 rings (SSSR count). The largest absolute Gasteiger partial charge is 0.493 e. The Morgan fingerprint density at radius 2 is 2.10 bits per heavy atom. The first-order valence-electron chi connectivity index (χ1n) is 10.1.